The van der Waals surface area contributed by atoms with Gasteiger partial charge in [-0.3, -0.25) is 4.79 Å². The molecule has 0 radical (unpaired) electrons. The summed E-state index contributed by atoms with van der Waals surface area (Å²) in [5.41, 5.74) is 2.92. The van der Waals surface area contributed by atoms with E-state index in [4.69, 9.17) is 11.6 Å². The Labute approximate surface area is 104 Å². The van der Waals surface area contributed by atoms with E-state index < -0.39 is 0 Å². The van der Waals surface area contributed by atoms with Crippen LogP contribution in [0.2, 0.25) is 5.02 Å². The van der Waals surface area contributed by atoms with Crippen LogP contribution in [0.1, 0.15) is 15.9 Å². The van der Waals surface area contributed by atoms with Gasteiger partial charge in [0.25, 0.3) is 0 Å². The normalized spacial score (nSPS) is 10.3. The zero-order chi connectivity index (χ0) is 12.4. The lowest BCUT2D eigenvalue weighted by Gasteiger charge is -2.08. The molecule has 0 spiro atoms. The van der Waals surface area contributed by atoms with E-state index in [-0.39, 0.29) is 5.82 Å². The molecule has 0 atom stereocenters. The van der Waals surface area contributed by atoms with Crippen LogP contribution in [0.5, 0.6) is 0 Å². The first-order chi connectivity index (χ1) is 8.11. The highest BCUT2D eigenvalue weighted by atomic mass is 35.5. The van der Waals surface area contributed by atoms with Gasteiger partial charge in [-0.1, -0.05) is 29.8 Å². The van der Waals surface area contributed by atoms with Crippen molar-refractivity contribution >= 4 is 17.9 Å². The van der Waals surface area contributed by atoms with Gasteiger partial charge in [0.15, 0.2) is 0 Å². The van der Waals surface area contributed by atoms with Crippen molar-refractivity contribution < 1.29 is 9.18 Å². The number of hydrogen-bond acceptors (Lipinski definition) is 1. The van der Waals surface area contributed by atoms with Crippen LogP contribution < -0.4 is 0 Å². The van der Waals surface area contributed by atoms with Gasteiger partial charge in [-0.05, 0) is 36.2 Å². The number of benzene rings is 2. The molecule has 0 saturated heterocycles. The minimum atomic E-state index is -0.305. The van der Waals surface area contributed by atoms with Crippen molar-refractivity contribution in [2.75, 3.05) is 0 Å². The molecule has 0 saturated carbocycles. The Morgan fingerprint density at radius 1 is 1.12 bits per heavy atom. The third-order valence-corrected chi connectivity index (χ3v) is 2.93. The summed E-state index contributed by atoms with van der Waals surface area (Å²) in [7, 11) is 0. The van der Waals surface area contributed by atoms with E-state index in [1.807, 2.05) is 6.92 Å². The molecule has 0 aromatic heterocycles. The van der Waals surface area contributed by atoms with Crippen LogP contribution in [0, 0.1) is 12.7 Å². The predicted molar refractivity (Wildman–Crippen MR) is 67.0 cm³/mol. The molecule has 17 heavy (non-hydrogen) atoms. The van der Waals surface area contributed by atoms with Gasteiger partial charge in [0.1, 0.15) is 12.1 Å². The van der Waals surface area contributed by atoms with Gasteiger partial charge in [0.2, 0.25) is 0 Å². The summed E-state index contributed by atoms with van der Waals surface area (Å²) in [5, 5.41) is 0.448. The van der Waals surface area contributed by atoms with Gasteiger partial charge in [0.05, 0.1) is 0 Å². The Bertz CT molecular complexity index is 578. The third kappa shape index (κ3) is 2.37. The van der Waals surface area contributed by atoms with Crippen molar-refractivity contribution in [1.29, 1.82) is 0 Å². The van der Waals surface area contributed by atoms with E-state index in [1.54, 1.807) is 24.3 Å². The quantitative estimate of drug-likeness (QED) is 0.726. The number of carbonyl (C=O) groups is 1. The van der Waals surface area contributed by atoms with E-state index in [0.29, 0.717) is 10.6 Å². The van der Waals surface area contributed by atoms with Crippen molar-refractivity contribution in [3.8, 4) is 11.1 Å². The van der Waals surface area contributed by atoms with Crippen LogP contribution in [-0.4, -0.2) is 6.29 Å². The van der Waals surface area contributed by atoms with Crippen LogP contribution in [0.15, 0.2) is 36.4 Å². The number of aryl methyl sites for hydroxylation is 1. The highest BCUT2D eigenvalue weighted by Crippen LogP contribution is 2.31. The van der Waals surface area contributed by atoms with Gasteiger partial charge < -0.3 is 0 Å². The highest BCUT2D eigenvalue weighted by molar-refractivity contribution is 6.33. The topological polar surface area (TPSA) is 17.1 Å². The van der Waals surface area contributed by atoms with Gasteiger partial charge in [-0.15, -0.1) is 0 Å². The van der Waals surface area contributed by atoms with Gasteiger partial charge in [-0.2, -0.15) is 0 Å². The average molecular weight is 249 g/mol. The molecule has 3 heteroatoms. The number of rotatable bonds is 2. The minimum Gasteiger partial charge on any atom is -0.298 e. The summed E-state index contributed by atoms with van der Waals surface area (Å²) < 4.78 is 13.2. The molecule has 0 unspecified atom stereocenters. The van der Waals surface area contributed by atoms with Crippen LogP contribution in [0.3, 0.4) is 0 Å². The second kappa shape index (κ2) is 4.68. The Hall–Kier alpha value is -1.67. The summed E-state index contributed by atoms with van der Waals surface area (Å²) >= 11 is 6.09. The van der Waals surface area contributed by atoms with Gasteiger partial charge in [0, 0.05) is 16.1 Å². The fourth-order valence-corrected chi connectivity index (χ4v) is 2.00. The van der Waals surface area contributed by atoms with E-state index in [0.717, 1.165) is 23.0 Å². The van der Waals surface area contributed by atoms with Crippen LogP contribution in [0.4, 0.5) is 4.39 Å². The van der Waals surface area contributed by atoms with E-state index >= 15 is 0 Å². The summed E-state index contributed by atoms with van der Waals surface area (Å²) in [6.45, 7) is 1.89. The maximum Gasteiger partial charge on any atom is 0.150 e. The lowest BCUT2D eigenvalue weighted by Crippen LogP contribution is -1.88. The monoisotopic (exact) mass is 248 g/mol. The highest BCUT2D eigenvalue weighted by Gasteiger charge is 2.08. The summed E-state index contributed by atoms with van der Waals surface area (Å²) in [4.78, 5) is 10.6. The minimum absolute atomic E-state index is 0.305. The van der Waals surface area contributed by atoms with Crippen molar-refractivity contribution in [3.63, 3.8) is 0 Å². The van der Waals surface area contributed by atoms with E-state index in [1.165, 1.54) is 12.1 Å². The van der Waals surface area contributed by atoms with Crippen LogP contribution in [-0.2, 0) is 0 Å². The first-order valence-corrected chi connectivity index (χ1v) is 5.51. The molecule has 0 bridgehead atoms. The Kier molecular flexibility index (Phi) is 3.25. The average Bonchev–Trinajstić information content (AvgIpc) is 2.32. The molecule has 0 aliphatic heterocycles. The number of aldehydes is 1. The molecular weight excluding hydrogens is 239 g/mol. The lowest BCUT2D eigenvalue weighted by atomic mass is 9.99. The first kappa shape index (κ1) is 11.8. The zero-order valence-corrected chi connectivity index (χ0v) is 9.96. The predicted octanol–water partition coefficient (Wildman–Crippen LogP) is 4.27. The van der Waals surface area contributed by atoms with Crippen molar-refractivity contribution in [3.05, 3.63) is 58.4 Å². The summed E-state index contributed by atoms with van der Waals surface area (Å²) in [5.74, 6) is -0.305. The molecule has 2 aromatic rings. The third-order valence-electron chi connectivity index (χ3n) is 2.62. The van der Waals surface area contributed by atoms with Crippen LogP contribution >= 0.6 is 11.6 Å². The first-order valence-electron chi connectivity index (χ1n) is 5.13. The van der Waals surface area contributed by atoms with Gasteiger partial charge in [-0.25, -0.2) is 4.39 Å². The molecule has 0 amide bonds. The maximum atomic E-state index is 13.2. The molecule has 0 N–H and O–H groups in total. The second-order valence-corrected chi connectivity index (χ2v) is 4.22. The molecule has 86 valence electrons. The maximum absolute atomic E-state index is 13.2. The Balaban J connectivity index is 2.60. The smallest absolute Gasteiger partial charge is 0.150 e. The molecule has 0 heterocycles. The van der Waals surface area contributed by atoms with E-state index in [2.05, 4.69) is 0 Å². The summed E-state index contributed by atoms with van der Waals surface area (Å²) in [6.07, 6.45) is 0.730. The Morgan fingerprint density at radius 2 is 1.88 bits per heavy atom. The van der Waals surface area contributed by atoms with Crippen molar-refractivity contribution in [2.24, 2.45) is 0 Å². The van der Waals surface area contributed by atoms with Crippen molar-refractivity contribution in [1.82, 2.24) is 0 Å². The second-order valence-electron chi connectivity index (χ2n) is 3.82. The summed E-state index contributed by atoms with van der Waals surface area (Å²) in [6, 6.07) is 9.53. The fraction of sp³-hybridized carbons (Fsp3) is 0.0714. The molecule has 0 aliphatic carbocycles. The molecule has 0 fully saturated rings. The Morgan fingerprint density at radius 3 is 2.53 bits per heavy atom. The standard InChI is InChI=1S/C14H10ClFO/c1-9-2-4-11(16)7-13(9)12-5-3-10(8-17)6-14(12)15/h2-8H,1H3. The zero-order valence-electron chi connectivity index (χ0n) is 9.21. The lowest BCUT2D eigenvalue weighted by molar-refractivity contribution is 0.112. The number of carbonyl (C=O) groups excluding carboxylic acids is 1. The molecular formula is C14H10ClFO. The number of halogens is 2. The SMILES string of the molecule is Cc1ccc(F)cc1-c1ccc(C=O)cc1Cl. The van der Waals surface area contributed by atoms with Crippen molar-refractivity contribution in [2.45, 2.75) is 6.92 Å². The van der Waals surface area contributed by atoms with Gasteiger partial charge >= 0.3 is 0 Å². The van der Waals surface area contributed by atoms with Crippen LogP contribution in [0.25, 0.3) is 11.1 Å². The molecule has 0 aliphatic rings. The molecule has 1 nitrogen and oxygen atoms in total. The molecule has 2 rings (SSSR count). The molecule has 2 aromatic carbocycles. The van der Waals surface area contributed by atoms with E-state index in [9.17, 15) is 9.18 Å². The largest absolute Gasteiger partial charge is 0.298 e. The number of hydrogen-bond donors (Lipinski definition) is 0. The fourth-order valence-electron chi connectivity index (χ4n) is 1.71.